The fourth-order valence-electron chi connectivity index (χ4n) is 1.42. The van der Waals surface area contributed by atoms with Crippen molar-refractivity contribution in [3.05, 3.63) is 59.0 Å². The summed E-state index contributed by atoms with van der Waals surface area (Å²) in [6.07, 6.45) is 1.72. The molecule has 3 nitrogen and oxygen atoms in total. The number of pyridine rings is 1. The summed E-state index contributed by atoms with van der Waals surface area (Å²) in [5.41, 5.74) is 0.688. The van der Waals surface area contributed by atoms with Crippen molar-refractivity contribution in [2.45, 2.75) is 0 Å². The minimum absolute atomic E-state index is 0.147. The summed E-state index contributed by atoms with van der Waals surface area (Å²) in [6, 6.07) is 12.9. The molecule has 2 aromatic rings. The van der Waals surface area contributed by atoms with Crippen molar-refractivity contribution in [1.82, 2.24) is 4.57 Å². The summed E-state index contributed by atoms with van der Waals surface area (Å²) in [7, 11) is 1.49. The lowest BCUT2D eigenvalue weighted by molar-refractivity contribution is 0.406. The van der Waals surface area contributed by atoms with E-state index in [1.165, 1.54) is 7.11 Å². The van der Waals surface area contributed by atoms with Crippen LogP contribution in [0.15, 0.2) is 53.5 Å². The fourth-order valence-corrected chi connectivity index (χ4v) is 1.42. The van der Waals surface area contributed by atoms with Gasteiger partial charge in [0.1, 0.15) is 0 Å². The van der Waals surface area contributed by atoms with Gasteiger partial charge in [0.25, 0.3) is 5.56 Å². The van der Waals surface area contributed by atoms with Gasteiger partial charge in [-0.3, -0.25) is 9.36 Å². The maximum absolute atomic E-state index is 11.8. The summed E-state index contributed by atoms with van der Waals surface area (Å²) >= 11 is 0. The van der Waals surface area contributed by atoms with Crippen LogP contribution in [-0.2, 0) is 0 Å². The van der Waals surface area contributed by atoms with Crippen molar-refractivity contribution in [3.8, 4) is 11.4 Å². The van der Waals surface area contributed by atoms with Crippen LogP contribution < -0.4 is 10.3 Å². The van der Waals surface area contributed by atoms with Crippen molar-refractivity contribution in [3.63, 3.8) is 0 Å². The number of methoxy groups -OCH3 is 1. The molecule has 1 heterocycles. The van der Waals surface area contributed by atoms with Crippen molar-refractivity contribution < 1.29 is 4.74 Å². The molecule has 0 aliphatic carbocycles. The lowest BCUT2D eigenvalue weighted by Gasteiger charge is -2.06. The van der Waals surface area contributed by atoms with Gasteiger partial charge in [-0.1, -0.05) is 18.2 Å². The second-order valence-electron chi connectivity index (χ2n) is 3.09. The van der Waals surface area contributed by atoms with E-state index in [9.17, 15) is 4.79 Å². The molecule has 0 atom stereocenters. The molecule has 0 bridgehead atoms. The molecule has 0 saturated carbocycles. The van der Waals surface area contributed by atoms with Gasteiger partial charge in [-0.05, 0) is 24.3 Å². The van der Waals surface area contributed by atoms with Gasteiger partial charge in [0.2, 0.25) is 0 Å². The second kappa shape index (κ2) is 4.00. The molecule has 0 amide bonds. The monoisotopic (exact) mass is 201 g/mol. The van der Waals surface area contributed by atoms with Gasteiger partial charge in [-0.2, -0.15) is 0 Å². The number of para-hydroxylation sites is 1. The van der Waals surface area contributed by atoms with Crippen LogP contribution in [-0.4, -0.2) is 11.7 Å². The van der Waals surface area contributed by atoms with Crippen molar-refractivity contribution in [2.75, 3.05) is 7.11 Å². The molecule has 1 aromatic heterocycles. The van der Waals surface area contributed by atoms with Crippen LogP contribution in [0.5, 0.6) is 5.75 Å². The van der Waals surface area contributed by atoms with Crippen molar-refractivity contribution in [2.24, 2.45) is 0 Å². The minimum atomic E-state index is -0.147. The van der Waals surface area contributed by atoms with E-state index in [1.807, 2.05) is 30.3 Å². The third-order valence-electron chi connectivity index (χ3n) is 2.17. The van der Waals surface area contributed by atoms with E-state index in [0.717, 1.165) is 5.69 Å². The molecule has 0 aliphatic rings. The van der Waals surface area contributed by atoms with Crippen LogP contribution in [0.1, 0.15) is 0 Å². The molecule has 0 spiro atoms. The molecule has 3 heteroatoms. The maximum atomic E-state index is 11.8. The maximum Gasteiger partial charge on any atom is 0.297 e. The highest BCUT2D eigenvalue weighted by atomic mass is 16.5. The highest BCUT2D eigenvalue weighted by Gasteiger charge is 2.03. The Bertz CT molecular complexity index is 503. The third kappa shape index (κ3) is 1.76. The first-order valence-electron chi connectivity index (χ1n) is 4.64. The molecule has 2 rings (SSSR count). The molecular weight excluding hydrogens is 190 g/mol. The quantitative estimate of drug-likeness (QED) is 0.742. The predicted octanol–water partition coefficient (Wildman–Crippen LogP) is 1.85. The molecule has 1 aromatic carbocycles. The van der Waals surface area contributed by atoms with Crippen LogP contribution in [0.4, 0.5) is 0 Å². The molecule has 0 N–H and O–H groups in total. The average molecular weight is 201 g/mol. The fraction of sp³-hybridized carbons (Fsp3) is 0.0833. The van der Waals surface area contributed by atoms with Gasteiger partial charge in [-0.15, -0.1) is 0 Å². The molecule has 0 unspecified atom stereocenters. The number of hydrogen-bond donors (Lipinski definition) is 0. The predicted molar refractivity (Wildman–Crippen MR) is 58.6 cm³/mol. The lowest BCUT2D eigenvalue weighted by Crippen LogP contribution is -2.18. The zero-order valence-corrected chi connectivity index (χ0v) is 8.38. The first-order chi connectivity index (χ1) is 7.33. The smallest absolute Gasteiger partial charge is 0.297 e. The van der Waals surface area contributed by atoms with Crippen LogP contribution in [0.25, 0.3) is 5.69 Å². The number of nitrogens with zero attached hydrogens (tertiary/aromatic N) is 1. The van der Waals surface area contributed by atoms with Gasteiger partial charge in [0.15, 0.2) is 5.75 Å². The molecule has 0 fully saturated rings. The van der Waals surface area contributed by atoms with Gasteiger partial charge < -0.3 is 4.74 Å². The summed E-state index contributed by atoms with van der Waals surface area (Å²) in [6.45, 7) is 0. The minimum Gasteiger partial charge on any atom is -0.491 e. The molecule has 0 saturated heterocycles. The number of hydrogen-bond acceptors (Lipinski definition) is 2. The van der Waals surface area contributed by atoms with Crippen molar-refractivity contribution >= 4 is 0 Å². The van der Waals surface area contributed by atoms with Gasteiger partial charge >= 0.3 is 0 Å². The number of ether oxygens (including phenoxy) is 1. The van der Waals surface area contributed by atoms with E-state index in [-0.39, 0.29) is 5.56 Å². The molecule has 0 aliphatic heterocycles. The zero-order chi connectivity index (χ0) is 10.7. The third-order valence-corrected chi connectivity index (χ3v) is 2.17. The lowest BCUT2D eigenvalue weighted by atomic mass is 10.3. The molecule has 15 heavy (non-hydrogen) atoms. The second-order valence-corrected chi connectivity index (χ2v) is 3.09. The van der Waals surface area contributed by atoms with Crippen LogP contribution in [0, 0.1) is 0 Å². The first kappa shape index (κ1) is 9.52. The molecule has 76 valence electrons. The summed E-state index contributed by atoms with van der Waals surface area (Å²) in [5.74, 6) is 0.348. The van der Waals surface area contributed by atoms with E-state index < -0.39 is 0 Å². The zero-order valence-electron chi connectivity index (χ0n) is 8.38. The van der Waals surface area contributed by atoms with E-state index in [4.69, 9.17) is 4.74 Å². The normalized spacial score (nSPS) is 9.93. The number of rotatable bonds is 2. The van der Waals surface area contributed by atoms with Crippen LogP contribution >= 0.6 is 0 Å². The Balaban J connectivity index is 2.60. The summed E-state index contributed by atoms with van der Waals surface area (Å²) < 4.78 is 6.53. The summed E-state index contributed by atoms with van der Waals surface area (Å²) in [4.78, 5) is 11.8. The topological polar surface area (TPSA) is 31.2 Å². The van der Waals surface area contributed by atoms with Crippen LogP contribution in [0.2, 0.25) is 0 Å². The number of aromatic nitrogens is 1. The highest BCUT2D eigenvalue weighted by Crippen LogP contribution is 2.07. The standard InChI is InChI=1S/C12H11NO2/c1-15-11-8-5-9-13(12(11)14)10-6-3-2-4-7-10/h2-9H,1H3. The van der Waals surface area contributed by atoms with E-state index in [0.29, 0.717) is 5.75 Å². The Hall–Kier alpha value is -2.03. The Morgan fingerprint density at radius 2 is 1.80 bits per heavy atom. The highest BCUT2D eigenvalue weighted by molar-refractivity contribution is 5.33. The number of benzene rings is 1. The SMILES string of the molecule is COc1cccn(-c2ccccc2)c1=O. The van der Waals surface area contributed by atoms with Gasteiger partial charge in [-0.25, -0.2) is 0 Å². The van der Waals surface area contributed by atoms with E-state index >= 15 is 0 Å². The largest absolute Gasteiger partial charge is 0.491 e. The van der Waals surface area contributed by atoms with Gasteiger partial charge in [0, 0.05) is 11.9 Å². The average Bonchev–Trinajstić information content (AvgIpc) is 2.30. The van der Waals surface area contributed by atoms with Crippen molar-refractivity contribution in [1.29, 1.82) is 0 Å². The summed E-state index contributed by atoms with van der Waals surface area (Å²) in [5, 5.41) is 0. The van der Waals surface area contributed by atoms with Gasteiger partial charge in [0.05, 0.1) is 7.11 Å². The molecular formula is C12H11NO2. The Morgan fingerprint density at radius 1 is 1.07 bits per heavy atom. The van der Waals surface area contributed by atoms with E-state index in [1.54, 1.807) is 22.9 Å². The van der Waals surface area contributed by atoms with E-state index in [2.05, 4.69) is 0 Å². The Morgan fingerprint density at radius 3 is 2.47 bits per heavy atom. The molecule has 0 radical (unpaired) electrons. The first-order valence-corrected chi connectivity index (χ1v) is 4.64. The Labute approximate surface area is 87.6 Å². The Kier molecular flexibility index (Phi) is 2.54. The van der Waals surface area contributed by atoms with Crippen LogP contribution in [0.3, 0.4) is 0 Å².